The average Bonchev–Trinajstić information content (AvgIpc) is 1.96. The van der Waals surface area contributed by atoms with Crippen molar-refractivity contribution < 1.29 is 20.1 Å². The van der Waals surface area contributed by atoms with Crippen LogP contribution >= 0.6 is 0 Å². The van der Waals surface area contributed by atoms with Gasteiger partial charge in [0.15, 0.2) is 0 Å². The highest BCUT2D eigenvalue weighted by molar-refractivity contribution is 4.89. The Morgan fingerprint density at radius 2 is 2.00 bits per heavy atom. The Morgan fingerprint density at radius 3 is 2.50 bits per heavy atom. The van der Waals surface area contributed by atoms with Gasteiger partial charge in [-0.25, -0.2) is 0 Å². The van der Waals surface area contributed by atoms with Crippen LogP contribution in [0.15, 0.2) is 0 Å². The predicted octanol–water partition coefficient (Wildman–Crippen LogP) is -0.732. The summed E-state index contributed by atoms with van der Waals surface area (Å²) in [5.41, 5.74) is -0.466. The van der Waals surface area contributed by atoms with Crippen molar-refractivity contribution in [2.24, 2.45) is 0 Å². The molecule has 0 aromatic carbocycles. The first-order chi connectivity index (χ1) is 5.46. The number of aliphatic hydroxyl groups is 3. The molecule has 3 atom stereocenters. The van der Waals surface area contributed by atoms with Crippen LogP contribution in [0.4, 0.5) is 0 Å². The van der Waals surface area contributed by atoms with Crippen LogP contribution in [-0.2, 0) is 4.74 Å². The van der Waals surface area contributed by atoms with Gasteiger partial charge in [0.05, 0.1) is 18.3 Å². The fourth-order valence-electron chi connectivity index (χ4n) is 1.55. The van der Waals surface area contributed by atoms with E-state index in [1.807, 2.05) is 13.8 Å². The quantitative estimate of drug-likeness (QED) is 0.492. The zero-order valence-corrected chi connectivity index (χ0v) is 7.40. The maximum Gasteiger partial charge on any atom is 0.110 e. The van der Waals surface area contributed by atoms with Gasteiger partial charge in [-0.15, -0.1) is 0 Å². The minimum absolute atomic E-state index is 0.262. The van der Waals surface area contributed by atoms with E-state index >= 15 is 0 Å². The van der Waals surface area contributed by atoms with E-state index in [2.05, 4.69) is 0 Å². The second-order valence-corrected chi connectivity index (χ2v) is 3.86. The van der Waals surface area contributed by atoms with Gasteiger partial charge in [0.1, 0.15) is 12.2 Å². The van der Waals surface area contributed by atoms with Gasteiger partial charge in [-0.05, 0) is 13.8 Å². The molecule has 12 heavy (non-hydrogen) atoms. The van der Waals surface area contributed by atoms with Gasteiger partial charge in [-0.2, -0.15) is 0 Å². The predicted molar refractivity (Wildman–Crippen MR) is 42.7 cm³/mol. The van der Waals surface area contributed by atoms with Gasteiger partial charge in [0.2, 0.25) is 0 Å². The Kier molecular flexibility index (Phi) is 2.73. The first-order valence-electron chi connectivity index (χ1n) is 4.11. The monoisotopic (exact) mass is 176 g/mol. The third-order valence-corrected chi connectivity index (χ3v) is 2.13. The molecule has 1 unspecified atom stereocenters. The number of ether oxygens (including phenoxy) is 1. The van der Waals surface area contributed by atoms with Crippen LogP contribution in [0.3, 0.4) is 0 Å². The zero-order chi connectivity index (χ0) is 9.35. The summed E-state index contributed by atoms with van der Waals surface area (Å²) in [5, 5.41) is 27.5. The summed E-state index contributed by atoms with van der Waals surface area (Å²) in [7, 11) is 0. The molecule has 0 aromatic heterocycles. The summed E-state index contributed by atoms with van der Waals surface area (Å²) in [6.07, 6.45) is -2.04. The smallest absolute Gasteiger partial charge is 0.110 e. The maximum absolute atomic E-state index is 9.37. The van der Waals surface area contributed by atoms with Crippen LogP contribution in [0.2, 0.25) is 0 Å². The van der Waals surface area contributed by atoms with Crippen LogP contribution in [0, 0.1) is 0 Å². The van der Waals surface area contributed by atoms with Crippen molar-refractivity contribution in [3.63, 3.8) is 0 Å². The van der Waals surface area contributed by atoms with Gasteiger partial charge in [0, 0.05) is 6.42 Å². The Labute approximate surface area is 71.8 Å². The molecule has 0 aliphatic carbocycles. The van der Waals surface area contributed by atoms with E-state index in [-0.39, 0.29) is 6.61 Å². The fourth-order valence-corrected chi connectivity index (χ4v) is 1.55. The van der Waals surface area contributed by atoms with E-state index in [0.29, 0.717) is 6.42 Å². The van der Waals surface area contributed by atoms with Crippen LogP contribution in [-0.4, -0.2) is 45.8 Å². The highest BCUT2D eigenvalue weighted by atomic mass is 16.5. The minimum atomic E-state index is -0.969. The molecule has 0 bridgehead atoms. The maximum atomic E-state index is 9.37. The summed E-state index contributed by atoms with van der Waals surface area (Å²) in [6.45, 7) is 3.39. The van der Waals surface area contributed by atoms with Crippen LogP contribution in [0.1, 0.15) is 20.3 Å². The first kappa shape index (κ1) is 9.92. The molecule has 1 aliphatic rings. The van der Waals surface area contributed by atoms with Crippen LogP contribution in [0.25, 0.3) is 0 Å². The van der Waals surface area contributed by atoms with Crippen LogP contribution < -0.4 is 0 Å². The molecule has 0 aromatic rings. The lowest BCUT2D eigenvalue weighted by molar-refractivity contribution is -0.211. The first-order valence-corrected chi connectivity index (χ1v) is 4.11. The van der Waals surface area contributed by atoms with E-state index in [4.69, 9.17) is 9.84 Å². The molecule has 1 heterocycles. The number of aliphatic hydroxyl groups excluding tert-OH is 3. The van der Waals surface area contributed by atoms with Crippen molar-refractivity contribution >= 4 is 0 Å². The Bertz CT molecular complexity index is 157. The number of rotatable bonds is 1. The van der Waals surface area contributed by atoms with Gasteiger partial charge < -0.3 is 20.1 Å². The molecule has 3 N–H and O–H groups in total. The molecule has 0 amide bonds. The minimum Gasteiger partial charge on any atom is -0.394 e. The van der Waals surface area contributed by atoms with Gasteiger partial charge in [-0.3, -0.25) is 0 Å². The van der Waals surface area contributed by atoms with E-state index in [1.165, 1.54) is 0 Å². The summed E-state index contributed by atoms with van der Waals surface area (Å²) in [4.78, 5) is 0. The summed E-state index contributed by atoms with van der Waals surface area (Å²) >= 11 is 0. The lowest BCUT2D eigenvalue weighted by Gasteiger charge is -2.41. The van der Waals surface area contributed by atoms with Crippen molar-refractivity contribution in [3.8, 4) is 0 Å². The molecule has 0 saturated carbocycles. The third-order valence-electron chi connectivity index (χ3n) is 2.13. The van der Waals surface area contributed by atoms with Crippen molar-refractivity contribution in [1.29, 1.82) is 0 Å². The van der Waals surface area contributed by atoms with Crippen LogP contribution in [0.5, 0.6) is 0 Å². The number of hydrogen-bond donors (Lipinski definition) is 3. The molecule has 1 fully saturated rings. The van der Waals surface area contributed by atoms with Gasteiger partial charge in [-0.1, -0.05) is 0 Å². The van der Waals surface area contributed by atoms with E-state index in [0.717, 1.165) is 0 Å². The third kappa shape index (κ3) is 1.95. The molecule has 72 valence electrons. The highest BCUT2D eigenvalue weighted by Crippen LogP contribution is 2.28. The largest absolute Gasteiger partial charge is 0.394 e. The van der Waals surface area contributed by atoms with E-state index < -0.39 is 23.9 Å². The Balaban J connectivity index is 2.65. The SMILES string of the molecule is CC1(C)C[C@@H](O)[C@@H](O)C(CO)O1. The average molecular weight is 176 g/mol. The fraction of sp³-hybridized carbons (Fsp3) is 1.00. The summed E-state index contributed by atoms with van der Waals surface area (Å²) in [6, 6.07) is 0. The molecule has 1 saturated heterocycles. The molecular weight excluding hydrogens is 160 g/mol. The molecule has 1 aliphatic heterocycles. The van der Waals surface area contributed by atoms with Crippen molar-refractivity contribution in [2.75, 3.05) is 6.61 Å². The lowest BCUT2D eigenvalue weighted by Crippen LogP contribution is -2.53. The van der Waals surface area contributed by atoms with Gasteiger partial charge >= 0.3 is 0 Å². The molecule has 4 nitrogen and oxygen atoms in total. The topological polar surface area (TPSA) is 69.9 Å². The highest BCUT2D eigenvalue weighted by Gasteiger charge is 2.40. The molecule has 4 heteroatoms. The standard InChI is InChI=1S/C8H16O4/c1-8(2)3-5(10)7(11)6(4-9)12-8/h5-7,9-11H,3-4H2,1-2H3/t5-,6?,7-/m1/s1. The summed E-state index contributed by atoms with van der Waals surface area (Å²) in [5.74, 6) is 0. The van der Waals surface area contributed by atoms with E-state index in [9.17, 15) is 10.2 Å². The normalized spacial score (nSPS) is 41.2. The Hall–Kier alpha value is -0.160. The molecular formula is C8H16O4. The van der Waals surface area contributed by atoms with Crippen molar-refractivity contribution in [1.82, 2.24) is 0 Å². The second-order valence-electron chi connectivity index (χ2n) is 3.86. The molecule has 0 spiro atoms. The summed E-state index contributed by atoms with van der Waals surface area (Å²) < 4.78 is 5.35. The van der Waals surface area contributed by atoms with Crippen molar-refractivity contribution in [2.45, 2.75) is 44.2 Å². The Morgan fingerprint density at radius 1 is 1.42 bits per heavy atom. The van der Waals surface area contributed by atoms with E-state index in [1.54, 1.807) is 0 Å². The van der Waals surface area contributed by atoms with Gasteiger partial charge in [0.25, 0.3) is 0 Å². The van der Waals surface area contributed by atoms with Crippen molar-refractivity contribution in [3.05, 3.63) is 0 Å². The zero-order valence-electron chi connectivity index (χ0n) is 7.40. The molecule has 0 radical (unpaired) electrons. The number of hydrogen-bond acceptors (Lipinski definition) is 4. The molecule has 1 rings (SSSR count). The lowest BCUT2D eigenvalue weighted by atomic mass is 9.91. The second kappa shape index (κ2) is 3.30.